The van der Waals surface area contributed by atoms with Crippen LogP contribution in [0.2, 0.25) is 0 Å². The normalized spacial score (nSPS) is 12.3. The van der Waals surface area contributed by atoms with E-state index < -0.39 is 0 Å². The molecule has 0 amide bonds. The second-order valence-corrected chi connectivity index (χ2v) is 16.5. The number of benzene rings is 10. The van der Waals surface area contributed by atoms with Gasteiger partial charge in [0.2, 0.25) is 0 Å². The van der Waals surface area contributed by atoms with E-state index in [1.54, 1.807) is 0 Å². The van der Waals surface area contributed by atoms with Gasteiger partial charge in [-0.05, 0) is 129 Å². The minimum absolute atomic E-state index is 1.14. The average molecular weight is 774 g/mol. The van der Waals surface area contributed by atoms with E-state index in [1.807, 2.05) is 0 Å². The second kappa shape index (κ2) is 12.2. The van der Waals surface area contributed by atoms with E-state index in [0.29, 0.717) is 0 Å². The molecule has 0 atom stereocenters. The summed E-state index contributed by atoms with van der Waals surface area (Å²) in [6, 6.07) is 78.4. The van der Waals surface area contributed by atoms with Gasteiger partial charge >= 0.3 is 0 Å². The van der Waals surface area contributed by atoms with Gasteiger partial charge in [-0.25, -0.2) is 0 Å². The lowest BCUT2D eigenvalue weighted by molar-refractivity contribution is 1.14. The lowest BCUT2D eigenvalue weighted by Crippen LogP contribution is -1.97. The fourth-order valence-corrected chi connectivity index (χ4v) is 10.8. The topological polar surface area (TPSA) is 14.8 Å². The first-order valence-corrected chi connectivity index (χ1v) is 21.1. The zero-order chi connectivity index (χ0) is 39.8. The molecule has 0 spiro atoms. The van der Waals surface area contributed by atoms with Gasteiger partial charge in [0.15, 0.2) is 0 Å². The van der Waals surface area contributed by atoms with E-state index in [1.165, 1.54) is 115 Å². The van der Waals surface area contributed by atoms with Crippen molar-refractivity contribution >= 4 is 76.2 Å². The van der Waals surface area contributed by atoms with Gasteiger partial charge in [-0.1, -0.05) is 127 Å². The summed E-state index contributed by atoms with van der Waals surface area (Å²) < 4.78 is 7.26. The van der Waals surface area contributed by atoms with Gasteiger partial charge in [0.1, 0.15) is 0 Å². The van der Waals surface area contributed by atoms with E-state index in [0.717, 1.165) is 11.4 Å². The molecule has 0 saturated carbocycles. The van der Waals surface area contributed by atoms with Crippen LogP contribution >= 0.6 is 0 Å². The van der Waals surface area contributed by atoms with Crippen LogP contribution in [0.5, 0.6) is 0 Å². The molecule has 1 aliphatic rings. The van der Waals surface area contributed by atoms with Crippen LogP contribution in [0.4, 0.5) is 0 Å². The molecule has 61 heavy (non-hydrogen) atoms. The molecule has 10 aromatic carbocycles. The Kier molecular flexibility index (Phi) is 6.56. The zero-order valence-corrected chi connectivity index (χ0v) is 33.0. The number of nitrogens with zero attached hydrogens (tertiary/aromatic N) is 3. The predicted molar refractivity (Wildman–Crippen MR) is 257 cm³/mol. The van der Waals surface area contributed by atoms with Crippen LogP contribution in [0, 0.1) is 0 Å². The van der Waals surface area contributed by atoms with E-state index in [-0.39, 0.29) is 0 Å². The molecule has 1 aliphatic carbocycles. The fourth-order valence-electron chi connectivity index (χ4n) is 10.8. The first-order chi connectivity index (χ1) is 30.3. The third-order valence-electron chi connectivity index (χ3n) is 13.4. The molecule has 0 N–H and O–H groups in total. The summed E-state index contributed by atoms with van der Waals surface area (Å²) in [6.45, 7) is 0. The van der Waals surface area contributed by atoms with Crippen molar-refractivity contribution in [2.24, 2.45) is 0 Å². The Labute approximate surface area is 351 Å². The van der Waals surface area contributed by atoms with Crippen molar-refractivity contribution in [1.82, 2.24) is 13.7 Å². The first-order valence-electron chi connectivity index (χ1n) is 21.1. The highest BCUT2D eigenvalue weighted by atomic mass is 15.0. The van der Waals surface area contributed by atoms with Crippen molar-refractivity contribution < 1.29 is 0 Å². The molecule has 3 heterocycles. The summed E-state index contributed by atoms with van der Waals surface area (Å²) in [6.07, 6.45) is 0. The Bertz CT molecular complexity index is 3920. The Balaban J connectivity index is 0.948. The lowest BCUT2D eigenvalue weighted by Gasteiger charge is -2.12. The molecule has 0 saturated heterocycles. The van der Waals surface area contributed by atoms with E-state index in [4.69, 9.17) is 0 Å². The lowest BCUT2D eigenvalue weighted by atomic mass is 9.96. The largest absolute Gasteiger partial charge is 0.309 e. The predicted octanol–water partition coefficient (Wildman–Crippen LogP) is 15.4. The Morgan fingerprint density at radius 1 is 0.213 bits per heavy atom. The van der Waals surface area contributed by atoms with Crippen molar-refractivity contribution in [2.75, 3.05) is 0 Å². The molecule has 3 heteroatoms. The van der Waals surface area contributed by atoms with Gasteiger partial charge < -0.3 is 13.7 Å². The molecule has 0 bridgehead atoms. The number of rotatable bonds is 4. The number of fused-ring (bicyclic) bond motifs is 13. The number of hydrogen-bond donors (Lipinski definition) is 0. The molecule has 282 valence electrons. The summed E-state index contributed by atoms with van der Waals surface area (Å²) >= 11 is 0. The van der Waals surface area contributed by atoms with Crippen LogP contribution in [0.3, 0.4) is 0 Å². The van der Waals surface area contributed by atoms with Crippen molar-refractivity contribution in [2.45, 2.75) is 0 Å². The van der Waals surface area contributed by atoms with Gasteiger partial charge in [0.05, 0.1) is 33.1 Å². The van der Waals surface area contributed by atoms with Crippen molar-refractivity contribution in [3.05, 3.63) is 212 Å². The zero-order valence-electron chi connectivity index (χ0n) is 33.0. The maximum absolute atomic E-state index is 2.46. The Hall–Kier alpha value is -8.14. The smallest absolute Gasteiger partial charge is 0.0553 e. The van der Waals surface area contributed by atoms with Gasteiger partial charge in [-0.2, -0.15) is 0 Å². The van der Waals surface area contributed by atoms with E-state index in [9.17, 15) is 0 Å². The number of hydrogen-bond acceptors (Lipinski definition) is 0. The average Bonchev–Trinajstić information content (AvgIpc) is 4.05. The molecule has 0 unspecified atom stereocenters. The molecule has 0 aliphatic heterocycles. The number of aromatic nitrogens is 3. The molecular weight excluding hydrogens is 739 g/mol. The molecule has 3 nitrogen and oxygen atoms in total. The van der Waals surface area contributed by atoms with Gasteiger partial charge in [-0.3, -0.25) is 0 Å². The maximum Gasteiger partial charge on any atom is 0.0553 e. The van der Waals surface area contributed by atoms with E-state index in [2.05, 4.69) is 226 Å². The van der Waals surface area contributed by atoms with Gasteiger partial charge in [0.25, 0.3) is 0 Å². The third-order valence-corrected chi connectivity index (χ3v) is 13.4. The standard InChI is InChI=1S/C58H35N3/c1-2-13-38(14-3-1)61-55-32-26-37(34-50(55)58-47-21-12-20-46-41-15-4-5-16-42(41)49(57(46)47)35-56(58)61)36-25-31-54-48(33-36)45-19-8-11-24-53(45)60(54)40-29-27-39(28-30-40)59-51-22-9-6-17-43(51)44-18-7-10-23-52(44)59/h1-35H. The highest BCUT2D eigenvalue weighted by molar-refractivity contribution is 6.29. The highest BCUT2D eigenvalue weighted by Gasteiger charge is 2.26. The monoisotopic (exact) mass is 773 g/mol. The second-order valence-electron chi connectivity index (χ2n) is 16.5. The number of para-hydroxylation sites is 4. The Morgan fingerprint density at radius 2 is 0.639 bits per heavy atom. The summed E-state index contributed by atoms with van der Waals surface area (Å²) in [7, 11) is 0. The van der Waals surface area contributed by atoms with Gasteiger partial charge in [0, 0.05) is 49.4 Å². The SMILES string of the molecule is c1ccc(-n2c3ccc(-c4ccc5c(c4)c4ccccc4n5-c4ccc(-n5c6ccccc6c6ccccc65)cc4)cc3c3c4cccc5c4c(cc32)-c2ccccc2-5)cc1. The molecule has 0 radical (unpaired) electrons. The van der Waals surface area contributed by atoms with Crippen LogP contribution < -0.4 is 0 Å². The highest BCUT2D eigenvalue weighted by Crippen LogP contribution is 2.51. The first kappa shape index (κ1) is 32.8. The molecular formula is C58H35N3. The van der Waals surface area contributed by atoms with Gasteiger partial charge in [-0.15, -0.1) is 0 Å². The van der Waals surface area contributed by atoms with Crippen molar-refractivity contribution in [3.8, 4) is 50.4 Å². The Morgan fingerprint density at radius 3 is 1.26 bits per heavy atom. The van der Waals surface area contributed by atoms with Crippen LogP contribution in [0.1, 0.15) is 0 Å². The molecule has 3 aromatic heterocycles. The minimum atomic E-state index is 1.14. The third kappa shape index (κ3) is 4.47. The molecule has 0 fully saturated rings. The van der Waals surface area contributed by atoms with Crippen LogP contribution in [-0.4, -0.2) is 13.7 Å². The minimum Gasteiger partial charge on any atom is -0.309 e. The summed E-state index contributed by atoms with van der Waals surface area (Å²) in [4.78, 5) is 0. The quantitative estimate of drug-likeness (QED) is 0.169. The molecule has 13 aromatic rings. The van der Waals surface area contributed by atoms with E-state index >= 15 is 0 Å². The van der Waals surface area contributed by atoms with Crippen LogP contribution in [0.15, 0.2) is 212 Å². The summed E-state index contributed by atoms with van der Waals surface area (Å²) in [5.74, 6) is 0. The summed E-state index contributed by atoms with van der Waals surface area (Å²) in [5, 5.41) is 10.3. The molecule has 14 rings (SSSR count). The van der Waals surface area contributed by atoms with Crippen LogP contribution in [0.25, 0.3) is 127 Å². The van der Waals surface area contributed by atoms with Crippen molar-refractivity contribution in [1.29, 1.82) is 0 Å². The van der Waals surface area contributed by atoms with Crippen LogP contribution in [-0.2, 0) is 0 Å². The van der Waals surface area contributed by atoms with Crippen molar-refractivity contribution in [3.63, 3.8) is 0 Å². The fraction of sp³-hybridized carbons (Fsp3) is 0. The summed E-state index contributed by atoms with van der Waals surface area (Å²) in [5.41, 5.74) is 18.4. The maximum atomic E-state index is 2.46.